The summed E-state index contributed by atoms with van der Waals surface area (Å²) in [7, 11) is 0. The number of carbonyl (C=O) groups is 1. The van der Waals surface area contributed by atoms with Gasteiger partial charge in [0.1, 0.15) is 0 Å². The molecule has 21 heavy (non-hydrogen) atoms. The van der Waals surface area contributed by atoms with Gasteiger partial charge in [-0.2, -0.15) is 0 Å². The molecule has 1 aromatic carbocycles. The topological polar surface area (TPSA) is 23.6 Å². The third-order valence-corrected chi connectivity index (χ3v) is 4.22. The highest BCUT2D eigenvalue weighted by Gasteiger charge is 2.19. The van der Waals surface area contributed by atoms with Crippen molar-refractivity contribution in [2.45, 2.75) is 27.2 Å². The van der Waals surface area contributed by atoms with Crippen molar-refractivity contribution in [3.8, 4) is 0 Å². The van der Waals surface area contributed by atoms with Crippen molar-refractivity contribution in [1.29, 1.82) is 0 Å². The zero-order valence-corrected chi connectivity index (χ0v) is 13.4. The Balaban J connectivity index is 2.14. The monoisotopic (exact) mass is 286 g/mol. The van der Waals surface area contributed by atoms with Crippen LogP contribution in [0.25, 0.3) is 6.08 Å². The van der Waals surface area contributed by atoms with Crippen LogP contribution in [-0.4, -0.2) is 43.4 Å². The van der Waals surface area contributed by atoms with E-state index in [4.69, 9.17) is 0 Å². The molecule has 3 nitrogen and oxygen atoms in total. The second kappa shape index (κ2) is 7.41. The lowest BCUT2D eigenvalue weighted by Gasteiger charge is -2.26. The number of likely N-dealkylation sites (tertiary alicyclic amines) is 1. The molecule has 1 heterocycles. The van der Waals surface area contributed by atoms with Gasteiger partial charge in [-0.3, -0.25) is 9.69 Å². The molecule has 0 aliphatic carbocycles. The van der Waals surface area contributed by atoms with Gasteiger partial charge in [-0.25, -0.2) is 0 Å². The number of anilines is 1. The van der Waals surface area contributed by atoms with E-state index in [1.807, 2.05) is 0 Å². The maximum absolute atomic E-state index is 12.0. The normalized spacial score (nSPS) is 18.2. The van der Waals surface area contributed by atoms with Crippen LogP contribution in [0.3, 0.4) is 0 Å². The zero-order valence-electron chi connectivity index (χ0n) is 13.4. The minimum absolute atomic E-state index is 0.299. The number of Topliss-reactive ketones (excluding diaryl/α,β-unsaturated/α-hetero) is 1. The summed E-state index contributed by atoms with van der Waals surface area (Å²) in [6.45, 7) is 11.2. The summed E-state index contributed by atoms with van der Waals surface area (Å²) in [5.74, 6) is 0.299. The lowest BCUT2D eigenvalue weighted by Crippen LogP contribution is -2.35. The van der Waals surface area contributed by atoms with E-state index < -0.39 is 0 Å². The third-order valence-electron chi connectivity index (χ3n) is 4.22. The highest BCUT2D eigenvalue weighted by Crippen LogP contribution is 2.19. The van der Waals surface area contributed by atoms with Crippen LogP contribution in [0.1, 0.15) is 32.8 Å². The smallest absolute Gasteiger partial charge is 0.161 e. The first kappa shape index (κ1) is 15.8. The van der Waals surface area contributed by atoms with E-state index in [9.17, 15) is 4.79 Å². The van der Waals surface area contributed by atoms with Gasteiger partial charge in [0.15, 0.2) is 5.78 Å². The van der Waals surface area contributed by atoms with Crippen LogP contribution in [0.4, 0.5) is 5.69 Å². The Hall–Kier alpha value is -1.61. The van der Waals surface area contributed by atoms with Gasteiger partial charge in [-0.15, -0.1) is 0 Å². The van der Waals surface area contributed by atoms with Gasteiger partial charge >= 0.3 is 0 Å². The van der Waals surface area contributed by atoms with Crippen LogP contribution in [0, 0.1) is 0 Å². The fourth-order valence-corrected chi connectivity index (χ4v) is 2.80. The summed E-state index contributed by atoms with van der Waals surface area (Å²) in [5.41, 5.74) is 3.30. The largest absolute Gasteiger partial charge is 0.372 e. The molecule has 1 saturated heterocycles. The van der Waals surface area contributed by atoms with Gasteiger partial charge < -0.3 is 4.90 Å². The zero-order chi connectivity index (χ0) is 15.2. The average Bonchev–Trinajstić information content (AvgIpc) is 2.52. The van der Waals surface area contributed by atoms with E-state index in [-0.39, 0.29) is 0 Å². The summed E-state index contributed by atoms with van der Waals surface area (Å²) in [5, 5.41) is 0. The second-order valence-electron chi connectivity index (χ2n) is 5.48. The van der Waals surface area contributed by atoms with Crippen molar-refractivity contribution in [3.63, 3.8) is 0 Å². The van der Waals surface area contributed by atoms with Crippen LogP contribution in [-0.2, 0) is 4.79 Å². The number of benzene rings is 1. The lowest BCUT2D eigenvalue weighted by molar-refractivity contribution is -0.117. The summed E-state index contributed by atoms with van der Waals surface area (Å²) >= 11 is 0. The van der Waals surface area contributed by atoms with E-state index in [1.165, 1.54) is 5.69 Å². The van der Waals surface area contributed by atoms with Crippen molar-refractivity contribution in [2.24, 2.45) is 0 Å². The Bertz CT molecular complexity index is 500. The Morgan fingerprint density at radius 3 is 2.38 bits per heavy atom. The molecule has 1 aliphatic heterocycles. The highest BCUT2D eigenvalue weighted by molar-refractivity contribution is 6.00. The molecule has 114 valence electrons. The molecular formula is C18H26N2O. The molecule has 0 unspecified atom stereocenters. The lowest BCUT2D eigenvalue weighted by atomic mass is 10.0. The molecule has 1 aromatic rings. The van der Waals surface area contributed by atoms with Gasteiger partial charge in [0, 0.05) is 43.9 Å². The number of carbonyl (C=O) groups excluding carboxylic acids is 1. The molecule has 0 N–H and O–H groups in total. The number of rotatable bonds is 5. The molecule has 0 radical (unpaired) electrons. The Morgan fingerprint density at radius 1 is 1.14 bits per heavy atom. The molecule has 0 amide bonds. The van der Waals surface area contributed by atoms with Crippen molar-refractivity contribution >= 4 is 17.5 Å². The second-order valence-corrected chi connectivity index (χ2v) is 5.48. The molecule has 2 rings (SSSR count). The predicted molar refractivity (Wildman–Crippen MR) is 89.7 cm³/mol. The fraction of sp³-hybridized carbons (Fsp3) is 0.500. The van der Waals surface area contributed by atoms with Crippen molar-refractivity contribution < 1.29 is 4.79 Å². The van der Waals surface area contributed by atoms with Gasteiger partial charge in [-0.1, -0.05) is 19.1 Å². The SMILES string of the molecule is CCN1CCC(=O)/C(=C/c2ccc(N(CC)CC)cc2)C1. The molecule has 3 heteroatoms. The van der Waals surface area contributed by atoms with E-state index in [2.05, 4.69) is 60.9 Å². The van der Waals surface area contributed by atoms with Gasteiger partial charge in [0.2, 0.25) is 0 Å². The van der Waals surface area contributed by atoms with Crippen molar-refractivity contribution in [3.05, 3.63) is 35.4 Å². The maximum atomic E-state index is 12.0. The van der Waals surface area contributed by atoms with Gasteiger partial charge in [0.05, 0.1) is 0 Å². The molecular weight excluding hydrogens is 260 g/mol. The number of hydrogen-bond donors (Lipinski definition) is 0. The van der Waals surface area contributed by atoms with Gasteiger partial charge in [0.25, 0.3) is 0 Å². The molecule has 0 bridgehead atoms. The molecule has 0 atom stereocenters. The first-order valence-electron chi connectivity index (χ1n) is 7.99. The molecule has 1 fully saturated rings. The van der Waals surface area contributed by atoms with Crippen LogP contribution in [0.5, 0.6) is 0 Å². The third kappa shape index (κ3) is 3.94. The Labute approximate surface area is 128 Å². The number of hydrogen-bond acceptors (Lipinski definition) is 3. The van der Waals surface area contributed by atoms with Crippen molar-refractivity contribution in [1.82, 2.24) is 4.90 Å². The van der Waals surface area contributed by atoms with E-state index in [0.29, 0.717) is 12.2 Å². The Kier molecular flexibility index (Phi) is 5.57. The van der Waals surface area contributed by atoms with E-state index in [0.717, 1.165) is 43.9 Å². The van der Waals surface area contributed by atoms with E-state index >= 15 is 0 Å². The van der Waals surface area contributed by atoms with Gasteiger partial charge in [-0.05, 0) is 44.2 Å². The summed E-state index contributed by atoms with van der Waals surface area (Å²) in [6.07, 6.45) is 2.70. The first-order valence-corrected chi connectivity index (χ1v) is 7.99. The van der Waals surface area contributed by atoms with Crippen LogP contribution >= 0.6 is 0 Å². The number of ketones is 1. The maximum Gasteiger partial charge on any atom is 0.161 e. The number of nitrogens with zero attached hydrogens (tertiary/aromatic N) is 2. The van der Waals surface area contributed by atoms with Crippen LogP contribution in [0.2, 0.25) is 0 Å². The minimum atomic E-state index is 0.299. The molecule has 1 aliphatic rings. The minimum Gasteiger partial charge on any atom is -0.372 e. The Morgan fingerprint density at radius 2 is 1.81 bits per heavy atom. The molecule has 0 aromatic heterocycles. The quantitative estimate of drug-likeness (QED) is 0.777. The summed E-state index contributed by atoms with van der Waals surface area (Å²) in [6, 6.07) is 8.51. The standard InChI is InChI=1S/C18H26N2O/c1-4-19-12-11-18(21)16(14-19)13-15-7-9-17(10-8-15)20(5-2)6-3/h7-10,13H,4-6,11-12,14H2,1-3H3/b16-13+. The number of likely N-dealkylation sites (N-methyl/N-ethyl adjacent to an activating group) is 1. The van der Waals surface area contributed by atoms with Crippen LogP contribution < -0.4 is 4.90 Å². The first-order chi connectivity index (χ1) is 10.2. The van der Waals surface area contributed by atoms with Crippen LogP contribution in [0.15, 0.2) is 29.8 Å². The van der Waals surface area contributed by atoms with E-state index in [1.54, 1.807) is 0 Å². The summed E-state index contributed by atoms with van der Waals surface area (Å²) < 4.78 is 0. The van der Waals surface area contributed by atoms with Crippen molar-refractivity contribution in [2.75, 3.05) is 37.6 Å². The summed E-state index contributed by atoms with van der Waals surface area (Å²) in [4.78, 5) is 16.7. The average molecular weight is 286 g/mol. The molecule has 0 saturated carbocycles. The number of piperidine rings is 1. The molecule has 0 spiro atoms. The predicted octanol–water partition coefficient (Wildman–Crippen LogP) is 3.21. The highest BCUT2D eigenvalue weighted by atomic mass is 16.1. The fourth-order valence-electron chi connectivity index (χ4n) is 2.80.